The Morgan fingerprint density at radius 1 is 0.576 bits per heavy atom. The standard InChI is InChI=1S/C22H44O6S3Si2/c1-7-23-32(24-8-2,25-9-3)19-13-17-29-21-15-16-22(31-21)30-18-14-20-33(26-10-4,27-11-5)28-12-6/h15-16H,7-14,17-20H2,1-6H3. The third-order valence-electron chi connectivity index (χ3n) is 4.49. The molecule has 6 nitrogen and oxygen atoms in total. The molecule has 1 rings (SSSR count). The summed E-state index contributed by atoms with van der Waals surface area (Å²) in [5.74, 6) is 2.08. The Kier molecular flexibility index (Phi) is 18.0. The summed E-state index contributed by atoms with van der Waals surface area (Å²) in [7, 11) is -5.05. The van der Waals surface area contributed by atoms with E-state index >= 15 is 0 Å². The third kappa shape index (κ3) is 12.4. The van der Waals surface area contributed by atoms with Crippen molar-refractivity contribution in [1.82, 2.24) is 0 Å². The summed E-state index contributed by atoms with van der Waals surface area (Å²) in [6, 6.07) is 6.20. The lowest BCUT2D eigenvalue weighted by Gasteiger charge is -2.28. The van der Waals surface area contributed by atoms with Crippen LogP contribution >= 0.6 is 34.9 Å². The molecule has 0 unspecified atom stereocenters. The zero-order chi connectivity index (χ0) is 24.4. The third-order valence-corrected chi connectivity index (χ3v) is 14.5. The molecule has 0 atom stereocenters. The number of thioether (sulfide) groups is 2. The van der Waals surface area contributed by atoms with E-state index in [2.05, 4.69) is 12.1 Å². The molecule has 0 radical (unpaired) electrons. The summed E-state index contributed by atoms with van der Waals surface area (Å²) in [5, 5.41) is 0. The van der Waals surface area contributed by atoms with Crippen molar-refractivity contribution >= 4 is 52.5 Å². The van der Waals surface area contributed by atoms with E-state index < -0.39 is 17.6 Å². The Hall–Kier alpha value is 0.594. The minimum Gasteiger partial charge on any atom is -0.374 e. The van der Waals surface area contributed by atoms with E-state index in [0.717, 1.165) is 36.4 Å². The van der Waals surface area contributed by atoms with Crippen molar-refractivity contribution in [3.05, 3.63) is 12.1 Å². The van der Waals surface area contributed by atoms with Crippen molar-refractivity contribution in [2.45, 2.75) is 74.9 Å². The van der Waals surface area contributed by atoms with Crippen LogP contribution in [0.25, 0.3) is 0 Å². The molecular weight excluding hydrogens is 513 g/mol. The van der Waals surface area contributed by atoms with Crippen LogP contribution in [0.1, 0.15) is 54.4 Å². The number of hydrogen-bond donors (Lipinski definition) is 0. The van der Waals surface area contributed by atoms with Gasteiger partial charge >= 0.3 is 17.6 Å². The number of rotatable bonds is 22. The molecule has 0 bridgehead atoms. The van der Waals surface area contributed by atoms with Gasteiger partial charge in [-0.1, -0.05) is 0 Å². The van der Waals surface area contributed by atoms with Crippen LogP contribution in [-0.2, 0) is 26.6 Å². The molecule has 11 heteroatoms. The van der Waals surface area contributed by atoms with Gasteiger partial charge in [0.15, 0.2) is 0 Å². The van der Waals surface area contributed by atoms with Crippen LogP contribution in [0.15, 0.2) is 20.6 Å². The van der Waals surface area contributed by atoms with E-state index in [1.54, 1.807) is 0 Å². The van der Waals surface area contributed by atoms with Crippen LogP contribution in [-0.4, -0.2) is 68.8 Å². The van der Waals surface area contributed by atoms with Crippen molar-refractivity contribution in [3.8, 4) is 0 Å². The first-order chi connectivity index (χ1) is 16.0. The molecule has 0 aliphatic rings. The highest BCUT2D eigenvalue weighted by Crippen LogP contribution is 2.35. The van der Waals surface area contributed by atoms with Gasteiger partial charge in [-0.2, -0.15) is 0 Å². The number of hydrogen-bond acceptors (Lipinski definition) is 9. The summed E-state index contributed by atoms with van der Waals surface area (Å²) < 4.78 is 38.4. The molecule has 1 aromatic heterocycles. The van der Waals surface area contributed by atoms with Crippen molar-refractivity contribution < 1.29 is 26.6 Å². The molecule has 0 amide bonds. The molecule has 194 valence electrons. The Bertz CT molecular complexity index is 526. The summed E-state index contributed by atoms with van der Waals surface area (Å²) in [4.78, 5) is 0. The maximum Gasteiger partial charge on any atom is 0.500 e. The van der Waals surface area contributed by atoms with Crippen LogP contribution in [0.3, 0.4) is 0 Å². The summed E-state index contributed by atoms with van der Waals surface area (Å²) >= 11 is 5.69. The number of thiophene rings is 1. The topological polar surface area (TPSA) is 55.4 Å². The van der Waals surface area contributed by atoms with E-state index in [0.29, 0.717) is 39.6 Å². The van der Waals surface area contributed by atoms with Gasteiger partial charge in [0, 0.05) is 51.7 Å². The van der Waals surface area contributed by atoms with E-state index in [1.165, 1.54) is 8.42 Å². The maximum atomic E-state index is 5.95. The molecule has 0 saturated carbocycles. The molecule has 0 aliphatic carbocycles. The van der Waals surface area contributed by atoms with Gasteiger partial charge in [0.1, 0.15) is 0 Å². The van der Waals surface area contributed by atoms with Crippen molar-refractivity contribution in [2.75, 3.05) is 51.1 Å². The van der Waals surface area contributed by atoms with Gasteiger partial charge in [-0.15, -0.1) is 34.9 Å². The van der Waals surface area contributed by atoms with Gasteiger partial charge in [-0.3, -0.25) is 0 Å². The summed E-state index contributed by atoms with van der Waals surface area (Å²) in [6.45, 7) is 15.8. The van der Waals surface area contributed by atoms with Gasteiger partial charge in [-0.25, -0.2) is 0 Å². The van der Waals surface area contributed by atoms with Gasteiger partial charge in [0.25, 0.3) is 0 Å². The van der Waals surface area contributed by atoms with Crippen molar-refractivity contribution in [1.29, 1.82) is 0 Å². The van der Waals surface area contributed by atoms with Crippen LogP contribution in [0.5, 0.6) is 0 Å². The highest BCUT2D eigenvalue weighted by Gasteiger charge is 2.40. The minimum atomic E-state index is -2.53. The second-order valence-corrected chi connectivity index (χ2v) is 16.3. The van der Waals surface area contributed by atoms with Gasteiger partial charge in [0.2, 0.25) is 0 Å². The molecule has 0 N–H and O–H groups in total. The normalized spacial score (nSPS) is 12.5. The van der Waals surface area contributed by atoms with E-state index in [4.69, 9.17) is 26.6 Å². The first-order valence-electron chi connectivity index (χ1n) is 12.2. The van der Waals surface area contributed by atoms with E-state index in [9.17, 15) is 0 Å². The molecule has 0 fully saturated rings. The molecule has 1 aromatic rings. The summed E-state index contributed by atoms with van der Waals surface area (Å²) in [5.41, 5.74) is 0. The fourth-order valence-corrected chi connectivity index (χ4v) is 12.6. The molecule has 0 aromatic carbocycles. The molecule has 0 saturated heterocycles. The monoisotopic (exact) mass is 556 g/mol. The predicted molar refractivity (Wildman–Crippen MR) is 146 cm³/mol. The molecule has 33 heavy (non-hydrogen) atoms. The van der Waals surface area contributed by atoms with E-state index in [1.807, 2.05) is 76.4 Å². The maximum absolute atomic E-state index is 5.95. The smallest absolute Gasteiger partial charge is 0.374 e. The first-order valence-corrected chi connectivity index (χ1v) is 18.9. The quantitative estimate of drug-likeness (QED) is 0.0877. The van der Waals surface area contributed by atoms with Gasteiger partial charge in [0.05, 0.1) is 8.42 Å². The Balaban J connectivity index is 2.42. The summed E-state index contributed by atoms with van der Waals surface area (Å²) in [6.07, 6.45) is 2.05. The Labute approximate surface area is 216 Å². The predicted octanol–water partition coefficient (Wildman–Crippen LogP) is 6.81. The van der Waals surface area contributed by atoms with Crippen LogP contribution in [0, 0.1) is 0 Å². The lowest BCUT2D eigenvalue weighted by molar-refractivity contribution is 0.0704. The van der Waals surface area contributed by atoms with Crippen molar-refractivity contribution in [3.63, 3.8) is 0 Å². The molecular formula is C22H44O6S3Si2. The molecule has 0 aliphatic heterocycles. The SMILES string of the molecule is CCO[Si](CCCSc1ccc(SCCC[Si](OCC)(OCC)OCC)s1)(OCC)OCC. The first kappa shape index (κ1) is 31.6. The highest BCUT2D eigenvalue weighted by molar-refractivity contribution is 8.03. The lowest BCUT2D eigenvalue weighted by Crippen LogP contribution is -2.46. The fraction of sp³-hybridized carbons (Fsp3) is 0.818. The lowest BCUT2D eigenvalue weighted by atomic mass is 10.6. The zero-order valence-electron chi connectivity index (χ0n) is 21.3. The average molecular weight is 557 g/mol. The minimum absolute atomic E-state index is 0.633. The van der Waals surface area contributed by atoms with Crippen LogP contribution in [0.4, 0.5) is 0 Å². The van der Waals surface area contributed by atoms with Crippen molar-refractivity contribution in [2.24, 2.45) is 0 Å². The fourth-order valence-electron chi connectivity index (χ4n) is 3.38. The Morgan fingerprint density at radius 3 is 1.15 bits per heavy atom. The van der Waals surface area contributed by atoms with Gasteiger partial charge < -0.3 is 26.6 Å². The van der Waals surface area contributed by atoms with Crippen LogP contribution < -0.4 is 0 Å². The van der Waals surface area contributed by atoms with Gasteiger partial charge in [-0.05, 0) is 78.0 Å². The molecule has 1 heterocycles. The second-order valence-electron chi connectivity index (χ2n) is 6.94. The zero-order valence-corrected chi connectivity index (χ0v) is 25.8. The Morgan fingerprint density at radius 2 is 0.879 bits per heavy atom. The molecule has 0 spiro atoms. The largest absolute Gasteiger partial charge is 0.500 e. The second kappa shape index (κ2) is 18.8. The average Bonchev–Trinajstić information content (AvgIpc) is 3.23. The highest BCUT2D eigenvalue weighted by atomic mass is 32.2. The van der Waals surface area contributed by atoms with E-state index in [-0.39, 0.29) is 0 Å². The van der Waals surface area contributed by atoms with Crippen LogP contribution in [0.2, 0.25) is 12.1 Å².